The third-order valence-electron chi connectivity index (χ3n) is 12.1. The highest BCUT2D eigenvalue weighted by atomic mass is 15.2. The highest BCUT2D eigenvalue weighted by molar-refractivity contribution is 6.05. The first-order chi connectivity index (χ1) is 32.1. The van der Waals surface area contributed by atoms with Crippen LogP contribution in [0.25, 0.3) is 33.4 Å². The molecule has 0 aromatic heterocycles. The van der Waals surface area contributed by atoms with Crippen LogP contribution in [-0.4, -0.2) is 0 Å². The third kappa shape index (κ3) is 9.54. The van der Waals surface area contributed by atoms with Gasteiger partial charge >= 0.3 is 0 Å². The van der Waals surface area contributed by atoms with Crippen LogP contribution in [0, 0.1) is 6.92 Å². The van der Waals surface area contributed by atoms with Gasteiger partial charge in [0.2, 0.25) is 0 Å². The van der Waals surface area contributed by atoms with Crippen LogP contribution < -0.4 is 9.80 Å². The van der Waals surface area contributed by atoms with Crippen LogP contribution in [0.3, 0.4) is 0 Å². The molecule has 1 aliphatic rings. The van der Waals surface area contributed by atoms with E-state index in [1.165, 1.54) is 61.4 Å². The number of hydrogen-bond acceptors (Lipinski definition) is 2. The quantitative estimate of drug-likeness (QED) is 0.0843. The lowest BCUT2D eigenvalue weighted by molar-refractivity contribution is 0.997. The maximum absolute atomic E-state index is 2.35. The molecule has 316 valence electrons. The second kappa shape index (κ2) is 20.1. The second-order valence-corrected chi connectivity index (χ2v) is 16.4. The van der Waals surface area contributed by atoms with E-state index in [2.05, 4.69) is 279 Å². The lowest BCUT2D eigenvalue weighted by Gasteiger charge is -2.27. The fraction of sp³-hybridized carbons (Fsp3) is 0.0794. The van der Waals surface area contributed by atoms with Crippen LogP contribution in [0.1, 0.15) is 54.5 Å². The Morgan fingerprint density at radius 3 is 1.28 bits per heavy atom. The molecule has 0 radical (unpaired) electrons. The molecule has 2 heteroatoms. The van der Waals surface area contributed by atoms with Crippen molar-refractivity contribution in [3.8, 4) is 22.3 Å². The normalized spacial score (nSPS) is 13.0. The number of para-hydroxylation sites is 2. The molecular formula is C63H54N2. The summed E-state index contributed by atoms with van der Waals surface area (Å²) in [6.45, 7) is 6.30. The van der Waals surface area contributed by atoms with Gasteiger partial charge in [-0.05, 0) is 150 Å². The molecule has 8 aromatic carbocycles. The smallest absolute Gasteiger partial charge is 0.0461 e. The van der Waals surface area contributed by atoms with Crippen molar-refractivity contribution in [1.82, 2.24) is 0 Å². The van der Waals surface area contributed by atoms with Gasteiger partial charge in [0.15, 0.2) is 0 Å². The minimum absolute atomic E-state index is 1.05. The highest BCUT2D eigenvalue weighted by Crippen LogP contribution is 2.40. The Kier molecular flexibility index (Phi) is 13.1. The van der Waals surface area contributed by atoms with Crippen LogP contribution in [-0.2, 0) is 0 Å². The minimum Gasteiger partial charge on any atom is -0.311 e. The predicted octanol–water partition coefficient (Wildman–Crippen LogP) is 17.3. The number of allylic oxidation sites excluding steroid dienone is 6. The molecule has 8 aromatic rings. The van der Waals surface area contributed by atoms with E-state index in [9.17, 15) is 0 Å². The van der Waals surface area contributed by atoms with Gasteiger partial charge in [-0.3, -0.25) is 0 Å². The fourth-order valence-electron chi connectivity index (χ4n) is 8.78. The van der Waals surface area contributed by atoms with Crippen molar-refractivity contribution in [3.05, 3.63) is 288 Å². The number of aryl methyl sites for hydroxylation is 1. The summed E-state index contributed by atoms with van der Waals surface area (Å²) in [7, 11) is 0. The third-order valence-corrected chi connectivity index (χ3v) is 12.1. The van der Waals surface area contributed by atoms with Crippen molar-refractivity contribution < 1.29 is 0 Å². The summed E-state index contributed by atoms with van der Waals surface area (Å²) in [5.41, 5.74) is 19.9. The largest absolute Gasteiger partial charge is 0.311 e. The van der Waals surface area contributed by atoms with E-state index in [4.69, 9.17) is 0 Å². The van der Waals surface area contributed by atoms with Crippen molar-refractivity contribution >= 4 is 33.9 Å². The second-order valence-electron chi connectivity index (χ2n) is 16.4. The molecule has 1 aliphatic carbocycles. The lowest BCUT2D eigenvalue weighted by Crippen LogP contribution is -2.16. The van der Waals surface area contributed by atoms with Gasteiger partial charge in [0.25, 0.3) is 0 Å². The van der Waals surface area contributed by atoms with Crippen LogP contribution in [0.5, 0.6) is 0 Å². The zero-order chi connectivity index (χ0) is 44.4. The Morgan fingerprint density at radius 2 is 0.815 bits per heavy atom. The number of nitrogens with zero attached hydrogens (tertiary/aromatic N) is 2. The molecule has 0 aliphatic heterocycles. The molecule has 0 saturated carbocycles. The van der Waals surface area contributed by atoms with E-state index in [0.29, 0.717) is 0 Å². The molecule has 0 amide bonds. The van der Waals surface area contributed by atoms with Crippen LogP contribution in [0.4, 0.5) is 22.7 Å². The minimum atomic E-state index is 1.05. The molecule has 65 heavy (non-hydrogen) atoms. The van der Waals surface area contributed by atoms with E-state index < -0.39 is 0 Å². The van der Waals surface area contributed by atoms with Gasteiger partial charge in [-0.1, -0.05) is 194 Å². The van der Waals surface area contributed by atoms with E-state index in [0.717, 1.165) is 46.9 Å². The van der Waals surface area contributed by atoms with E-state index in [1.54, 1.807) is 0 Å². The van der Waals surface area contributed by atoms with Gasteiger partial charge in [0, 0.05) is 34.1 Å². The maximum Gasteiger partial charge on any atom is 0.0461 e. The number of benzene rings is 8. The summed E-state index contributed by atoms with van der Waals surface area (Å²) < 4.78 is 0. The molecular weight excluding hydrogens is 785 g/mol. The molecule has 0 N–H and O–H groups in total. The van der Waals surface area contributed by atoms with Gasteiger partial charge in [-0.15, -0.1) is 0 Å². The zero-order valence-electron chi connectivity index (χ0n) is 37.5. The molecule has 0 spiro atoms. The monoisotopic (exact) mass is 838 g/mol. The summed E-state index contributed by atoms with van der Waals surface area (Å²) >= 11 is 0. The highest BCUT2D eigenvalue weighted by Gasteiger charge is 2.19. The Bertz CT molecular complexity index is 2970. The van der Waals surface area contributed by atoms with Gasteiger partial charge in [0.05, 0.1) is 0 Å². The van der Waals surface area contributed by atoms with Crippen molar-refractivity contribution in [2.45, 2.75) is 33.6 Å². The standard InChI is InChI=1S/C63H54N2/c1-4-18-56(5-2)64(57-21-12-7-13-22-57)60-43-39-50(40-44-60)49-33-37-55(38-34-49)63(53-29-27-47(3)28-30-53)62(52-19-10-6-11-20-52)54-35-31-48(32-36-54)51-41-45-61(46-42-51)65(58-23-14-8-15-24-58)59-25-16-9-17-26-59/h4-8,10-16,18-46H,9,17H2,1-3H3/b18-4-,56-5+,63-62-. The summed E-state index contributed by atoms with van der Waals surface area (Å²) in [5, 5.41) is 0. The first-order valence-corrected chi connectivity index (χ1v) is 22.7. The van der Waals surface area contributed by atoms with E-state index in [1.807, 2.05) is 0 Å². The van der Waals surface area contributed by atoms with Gasteiger partial charge in [-0.2, -0.15) is 0 Å². The van der Waals surface area contributed by atoms with Gasteiger partial charge < -0.3 is 9.80 Å². The Morgan fingerprint density at radius 1 is 0.415 bits per heavy atom. The molecule has 0 bridgehead atoms. The van der Waals surface area contributed by atoms with Crippen LogP contribution in [0.15, 0.2) is 260 Å². The molecule has 2 nitrogen and oxygen atoms in total. The topological polar surface area (TPSA) is 6.48 Å². The van der Waals surface area contributed by atoms with Gasteiger partial charge in [-0.25, -0.2) is 0 Å². The summed E-state index contributed by atoms with van der Waals surface area (Å²) in [4.78, 5) is 4.65. The molecule has 9 rings (SSSR count). The van der Waals surface area contributed by atoms with Gasteiger partial charge in [0.1, 0.15) is 0 Å². The Labute approximate surface area is 385 Å². The molecule has 0 fully saturated rings. The van der Waals surface area contributed by atoms with E-state index >= 15 is 0 Å². The average Bonchev–Trinajstić information content (AvgIpc) is 3.38. The number of rotatable bonds is 13. The zero-order valence-corrected chi connectivity index (χ0v) is 37.5. The molecule has 0 heterocycles. The van der Waals surface area contributed by atoms with Crippen molar-refractivity contribution in [3.63, 3.8) is 0 Å². The Balaban J connectivity index is 1.07. The van der Waals surface area contributed by atoms with Crippen molar-refractivity contribution in [1.29, 1.82) is 0 Å². The summed E-state index contributed by atoms with van der Waals surface area (Å²) in [6, 6.07) is 77.1. The molecule has 0 atom stereocenters. The number of anilines is 4. The first-order valence-electron chi connectivity index (χ1n) is 22.7. The van der Waals surface area contributed by atoms with E-state index in [-0.39, 0.29) is 0 Å². The van der Waals surface area contributed by atoms with Crippen LogP contribution in [0.2, 0.25) is 0 Å². The van der Waals surface area contributed by atoms with Crippen molar-refractivity contribution in [2.24, 2.45) is 0 Å². The maximum atomic E-state index is 2.35. The lowest BCUT2D eigenvalue weighted by atomic mass is 9.84. The summed E-state index contributed by atoms with van der Waals surface area (Å²) in [6.07, 6.45) is 15.4. The van der Waals surface area contributed by atoms with Crippen molar-refractivity contribution in [2.75, 3.05) is 9.80 Å². The van der Waals surface area contributed by atoms with Crippen LogP contribution >= 0.6 is 0 Å². The Hall–Kier alpha value is -7.94. The first kappa shape index (κ1) is 42.4. The molecule has 0 unspecified atom stereocenters. The molecule has 0 saturated heterocycles. The summed E-state index contributed by atoms with van der Waals surface area (Å²) in [5.74, 6) is 0. The average molecular weight is 839 g/mol. The fourth-order valence-corrected chi connectivity index (χ4v) is 8.78. The predicted molar refractivity (Wildman–Crippen MR) is 279 cm³/mol. The SMILES string of the molecule is C/C=C\C(=C/C)N(c1ccccc1)c1ccc(-c2ccc(/C(=C(/c3ccccc3)c3ccc(-c4ccc(N(C5=CCCC=C5)c5ccccc5)cc4)cc3)c3ccc(C)cc3)cc2)cc1. The number of hydrogen-bond donors (Lipinski definition) is 0.